The number of hydrogen-bond donors (Lipinski definition) is 0. The van der Waals surface area contributed by atoms with Crippen molar-refractivity contribution in [1.29, 1.82) is 0 Å². The van der Waals surface area contributed by atoms with Crippen molar-refractivity contribution in [2.75, 3.05) is 0 Å². The fourth-order valence-electron chi connectivity index (χ4n) is 1.74. The van der Waals surface area contributed by atoms with Crippen LogP contribution in [0.2, 0.25) is 5.02 Å². The van der Waals surface area contributed by atoms with Crippen molar-refractivity contribution in [2.45, 2.75) is 6.10 Å². The molecule has 0 spiro atoms. The molecule has 0 radical (unpaired) electrons. The van der Waals surface area contributed by atoms with Gasteiger partial charge in [-0.05, 0) is 23.3 Å². The van der Waals surface area contributed by atoms with Crippen molar-refractivity contribution in [1.82, 2.24) is 0 Å². The molecule has 96 valence electrons. The maximum absolute atomic E-state index is 11.2. The van der Waals surface area contributed by atoms with E-state index in [1.54, 1.807) is 24.3 Å². The first kappa shape index (κ1) is 13.3. The van der Waals surface area contributed by atoms with Gasteiger partial charge in [0.1, 0.15) is 0 Å². The van der Waals surface area contributed by atoms with Crippen LogP contribution in [0.1, 0.15) is 17.2 Å². The van der Waals surface area contributed by atoms with E-state index in [0.717, 1.165) is 11.1 Å². The van der Waals surface area contributed by atoms with Gasteiger partial charge in [0.25, 0.3) is 0 Å². The highest BCUT2D eigenvalue weighted by Crippen LogP contribution is 2.26. The Balaban J connectivity index is 2.36. The number of carbonyl (C=O) groups is 2. The molecule has 0 saturated heterocycles. The lowest BCUT2D eigenvalue weighted by Gasteiger charge is -2.17. The molecule has 0 aliphatic rings. The molecule has 1 unspecified atom stereocenters. The molecule has 0 amide bonds. The Labute approximate surface area is 115 Å². The molecule has 0 N–H and O–H groups in total. The Bertz CT molecular complexity index is 564. The molecule has 0 bridgehead atoms. The lowest BCUT2D eigenvalue weighted by atomic mass is 10.0. The maximum atomic E-state index is 11.2. The van der Waals surface area contributed by atoms with E-state index in [2.05, 4.69) is 0 Å². The van der Waals surface area contributed by atoms with E-state index in [1.807, 2.05) is 30.3 Å². The summed E-state index contributed by atoms with van der Waals surface area (Å²) in [5, 5.41) is 0.595. The van der Waals surface area contributed by atoms with Crippen LogP contribution in [0, 0.1) is 0 Å². The van der Waals surface area contributed by atoms with Crippen molar-refractivity contribution in [3.05, 3.63) is 70.7 Å². The molecule has 2 aromatic carbocycles. The predicted molar refractivity (Wildman–Crippen MR) is 71.9 cm³/mol. The average molecular weight is 275 g/mol. The molecule has 0 fully saturated rings. The minimum Gasteiger partial charge on any atom is -0.447 e. The summed E-state index contributed by atoms with van der Waals surface area (Å²) in [6.07, 6.45) is -0.456. The van der Waals surface area contributed by atoms with E-state index in [1.165, 1.54) is 0 Å². The van der Waals surface area contributed by atoms with Crippen LogP contribution in [0.25, 0.3) is 0 Å². The van der Waals surface area contributed by atoms with E-state index in [4.69, 9.17) is 16.3 Å². The van der Waals surface area contributed by atoms with E-state index in [-0.39, 0.29) is 6.29 Å². The van der Waals surface area contributed by atoms with Crippen LogP contribution < -0.4 is 0 Å². The Morgan fingerprint density at radius 3 is 2.16 bits per heavy atom. The lowest BCUT2D eigenvalue weighted by molar-refractivity contribution is -0.151. The summed E-state index contributed by atoms with van der Waals surface area (Å²) >= 11 is 5.83. The molecule has 0 aromatic heterocycles. The van der Waals surface area contributed by atoms with Gasteiger partial charge in [0.15, 0.2) is 6.10 Å². The number of aldehydes is 1. The van der Waals surface area contributed by atoms with Crippen LogP contribution >= 0.6 is 11.6 Å². The second kappa shape index (κ2) is 6.16. The van der Waals surface area contributed by atoms with Crippen LogP contribution in [0.4, 0.5) is 0 Å². The summed E-state index contributed by atoms with van der Waals surface area (Å²) in [5.41, 5.74) is 1.55. The van der Waals surface area contributed by atoms with Crippen LogP contribution in [-0.4, -0.2) is 12.3 Å². The third-order valence-electron chi connectivity index (χ3n) is 2.61. The van der Waals surface area contributed by atoms with E-state index < -0.39 is 12.1 Å². The van der Waals surface area contributed by atoms with Crippen molar-refractivity contribution < 1.29 is 14.3 Å². The average Bonchev–Trinajstić information content (AvgIpc) is 2.46. The summed E-state index contributed by atoms with van der Waals surface area (Å²) in [5.74, 6) is -0.899. The molecule has 0 aliphatic carbocycles. The Morgan fingerprint density at radius 2 is 1.58 bits per heavy atom. The smallest absolute Gasteiger partial charge is 0.372 e. The number of hydrogen-bond acceptors (Lipinski definition) is 3. The van der Waals surface area contributed by atoms with E-state index >= 15 is 0 Å². The number of halogens is 1. The van der Waals surface area contributed by atoms with Gasteiger partial charge in [-0.2, -0.15) is 0 Å². The normalized spacial score (nSPS) is 11.6. The fourth-order valence-corrected chi connectivity index (χ4v) is 1.86. The number of ether oxygens (including phenoxy) is 1. The quantitative estimate of drug-likeness (QED) is 0.489. The fraction of sp³-hybridized carbons (Fsp3) is 0.0667. The summed E-state index contributed by atoms with van der Waals surface area (Å²) in [4.78, 5) is 21.7. The Kier molecular flexibility index (Phi) is 4.31. The van der Waals surface area contributed by atoms with Crippen molar-refractivity contribution in [3.63, 3.8) is 0 Å². The minimum absolute atomic E-state index is 0.159. The third-order valence-corrected chi connectivity index (χ3v) is 2.86. The SMILES string of the molecule is O=CC(=O)OC(c1ccccc1)c1ccc(Cl)cc1. The zero-order valence-electron chi connectivity index (χ0n) is 9.95. The standard InChI is InChI=1S/C15H11ClO3/c16-13-8-6-12(7-9-13)15(19-14(18)10-17)11-4-2-1-3-5-11/h1-10,15H. The van der Waals surface area contributed by atoms with Crippen LogP contribution in [0.3, 0.4) is 0 Å². The first-order chi connectivity index (χ1) is 9.20. The molecule has 2 rings (SSSR count). The molecule has 0 heterocycles. The van der Waals surface area contributed by atoms with Crippen molar-refractivity contribution in [3.8, 4) is 0 Å². The highest BCUT2D eigenvalue weighted by Gasteiger charge is 2.18. The summed E-state index contributed by atoms with van der Waals surface area (Å²) in [6.45, 7) is 0. The van der Waals surface area contributed by atoms with Crippen molar-refractivity contribution >= 4 is 23.9 Å². The Morgan fingerprint density at radius 1 is 1.00 bits per heavy atom. The molecule has 2 aromatic rings. The van der Waals surface area contributed by atoms with Crippen molar-refractivity contribution in [2.24, 2.45) is 0 Å². The number of esters is 1. The number of rotatable bonds is 4. The van der Waals surface area contributed by atoms with Gasteiger partial charge in [-0.15, -0.1) is 0 Å². The van der Waals surface area contributed by atoms with Gasteiger partial charge in [0.2, 0.25) is 6.29 Å². The maximum Gasteiger partial charge on any atom is 0.372 e. The monoisotopic (exact) mass is 274 g/mol. The predicted octanol–water partition coefficient (Wildman–Crippen LogP) is 3.17. The molecule has 3 nitrogen and oxygen atoms in total. The van der Waals surface area contributed by atoms with Crippen LogP contribution in [0.5, 0.6) is 0 Å². The van der Waals surface area contributed by atoms with Gasteiger partial charge in [0.05, 0.1) is 0 Å². The van der Waals surface area contributed by atoms with Gasteiger partial charge >= 0.3 is 5.97 Å². The van der Waals surface area contributed by atoms with Crippen LogP contribution in [0.15, 0.2) is 54.6 Å². The van der Waals surface area contributed by atoms with E-state index in [0.29, 0.717) is 5.02 Å². The molecule has 1 atom stereocenters. The molecular formula is C15H11ClO3. The number of carbonyl (C=O) groups excluding carboxylic acids is 2. The first-order valence-corrected chi connectivity index (χ1v) is 6.04. The largest absolute Gasteiger partial charge is 0.447 e. The first-order valence-electron chi connectivity index (χ1n) is 5.67. The highest BCUT2D eigenvalue weighted by atomic mass is 35.5. The summed E-state index contributed by atoms with van der Waals surface area (Å²) < 4.78 is 5.16. The van der Waals surface area contributed by atoms with Crippen LogP contribution in [-0.2, 0) is 14.3 Å². The second-order valence-electron chi connectivity index (χ2n) is 3.90. The highest BCUT2D eigenvalue weighted by molar-refractivity contribution is 6.30. The molecule has 19 heavy (non-hydrogen) atoms. The minimum atomic E-state index is -0.899. The van der Waals surface area contributed by atoms with Gasteiger partial charge in [0, 0.05) is 5.02 Å². The van der Waals surface area contributed by atoms with Gasteiger partial charge in [-0.3, -0.25) is 4.79 Å². The third kappa shape index (κ3) is 3.42. The Hall–Kier alpha value is -2.13. The topological polar surface area (TPSA) is 43.4 Å². The van der Waals surface area contributed by atoms with Gasteiger partial charge in [-0.1, -0.05) is 54.1 Å². The summed E-state index contributed by atoms with van der Waals surface area (Å²) in [6, 6.07) is 16.2. The number of benzene rings is 2. The van der Waals surface area contributed by atoms with Gasteiger partial charge in [-0.25, -0.2) is 4.79 Å². The summed E-state index contributed by atoms with van der Waals surface area (Å²) in [7, 11) is 0. The molecule has 0 saturated carbocycles. The second-order valence-corrected chi connectivity index (χ2v) is 4.33. The molecule has 4 heteroatoms. The molecule has 0 aliphatic heterocycles. The molecular weight excluding hydrogens is 264 g/mol. The van der Waals surface area contributed by atoms with E-state index in [9.17, 15) is 9.59 Å². The zero-order chi connectivity index (χ0) is 13.7. The van der Waals surface area contributed by atoms with Gasteiger partial charge < -0.3 is 4.74 Å². The zero-order valence-corrected chi connectivity index (χ0v) is 10.7. The lowest BCUT2D eigenvalue weighted by Crippen LogP contribution is -2.13.